The third kappa shape index (κ3) is 10.9. The predicted molar refractivity (Wildman–Crippen MR) is 172 cm³/mol. The second kappa shape index (κ2) is 17.0. The molecule has 0 radical (unpaired) electrons. The highest BCUT2D eigenvalue weighted by molar-refractivity contribution is 5.90. The molecule has 2 aliphatic heterocycles. The number of aliphatic hydroxyl groups is 1. The minimum absolute atomic E-state index is 0.0322. The molecule has 252 valence electrons. The van der Waals surface area contributed by atoms with Crippen molar-refractivity contribution in [1.82, 2.24) is 10.4 Å². The first-order valence-corrected chi connectivity index (χ1v) is 16.3. The molecule has 11 nitrogen and oxygen atoms in total. The number of carbonyl (C=O) groups excluding carboxylic acids is 3. The van der Waals surface area contributed by atoms with Crippen molar-refractivity contribution in [2.45, 2.75) is 115 Å². The summed E-state index contributed by atoms with van der Waals surface area (Å²) in [4.78, 5) is 38.7. The molecular weight excluding hydrogens is 590 g/mol. The summed E-state index contributed by atoms with van der Waals surface area (Å²) in [5, 5.41) is 21.0. The fraction of sp³-hybridized carbons (Fsp3) is 0.571. The lowest BCUT2D eigenvalue weighted by molar-refractivity contribution is -0.253. The van der Waals surface area contributed by atoms with Crippen molar-refractivity contribution in [2.24, 2.45) is 0 Å². The fourth-order valence-corrected chi connectivity index (χ4v) is 5.90. The number of carbonyl (C=O) groups is 3. The van der Waals surface area contributed by atoms with Crippen molar-refractivity contribution in [3.8, 4) is 0 Å². The van der Waals surface area contributed by atoms with E-state index in [0.29, 0.717) is 37.9 Å². The maximum atomic E-state index is 13.0. The zero-order chi connectivity index (χ0) is 33.1. The summed E-state index contributed by atoms with van der Waals surface area (Å²) in [6.07, 6.45) is 4.82. The van der Waals surface area contributed by atoms with Crippen LogP contribution in [0.15, 0.2) is 48.5 Å². The number of amides is 2. The summed E-state index contributed by atoms with van der Waals surface area (Å²) < 4.78 is 18.7. The Morgan fingerprint density at radius 3 is 2.20 bits per heavy atom. The second-order valence-electron chi connectivity index (χ2n) is 13.2. The first-order chi connectivity index (χ1) is 22.0. The molecule has 11 heteroatoms. The van der Waals surface area contributed by atoms with Gasteiger partial charge in [-0.2, -0.15) is 0 Å². The maximum absolute atomic E-state index is 13.0. The van der Waals surface area contributed by atoms with E-state index in [1.54, 1.807) is 5.48 Å². The molecule has 4 rings (SSSR count). The highest BCUT2D eigenvalue weighted by atomic mass is 16.7. The van der Waals surface area contributed by atoms with Gasteiger partial charge in [0.05, 0.1) is 18.8 Å². The van der Waals surface area contributed by atoms with Gasteiger partial charge in [-0.15, -0.1) is 0 Å². The van der Waals surface area contributed by atoms with E-state index in [4.69, 9.17) is 19.4 Å². The third-order valence-electron chi connectivity index (χ3n) is 8.24. The number of likely N-dealkylation sites (tertiary alicyclic amines) is 1. The van der Waals surface area contributed by atoms with Gasteiger partial charge in [-0.3, -0.25) is 24.5 Å². The molecule has 0 saturated carbocycles. The van der Waals surface area contributed by atoms with E-state index in [-0.39, 0.29) is 43.2 Å². The highest BCUT2D eigenvalue weighted by Crippen LogP contribution is 2.39. The number of rotatable bonds is 14. The van der Waals surface area contributed by atoms with Crippen LogP contribution in [0.4, 0.5) is 5.69 Å². The number of hydrogen-bond acceptors (Lipinski definition) is 9. The summed E-state index contributed by atoms with van der Waals surface area (Å²) in [6.45, 7) is 6.97. The molecule has 0 spiro atoms. The monoisotopic (exact) mass is 639 g/mol. The van der Waals surface area contributed by atoms with Gasteiger partial charge < -0.3 is 24.6 Å². The first-order valence-electron chi connectivity index (χ1n) is 16.3. The molecule has 46 heavy (non-hydrogen) atoms. The lowest BCUT2D eigenvalue weighted by Crippen LogP contribution is -2.45. The van der Waals surface area contributed by atoms with E-state index >= 15 is 0 Å². The molecular formula is C35H49N3O8. The Balaban J connectivity index is 1.38. The molecule has 4 atom stereocenters. The van der Waals surface area contributed by atoms with Crippen molar-refractivity contribution < 1.29 is 38.9 Å². The summed E-state index contributed by atoms with van der Waals surface area (Å²) >= 11 is 0. The van der Waals surface area contributed by atoms with Crippen LogP contribution in [0.5, 0.6) is 0 Å². The Kier molecular flexibility index (Phi) is 13.1. The molecule has 2 saturated heterocycles. The number of nitrogens with one attached hydrogen (secondary N) is 2. The number of hydroxylamine groups is 1. The molecule has 4 unspecified atom stereocenters. The van der Waals surface area contributed by atoms with Crippen LogP contribution in [0.25, 0.3) is 0 Å². The second-order valence-corrected chi connectivity index (χ2v) is 13.2. The van der Waals surface area contributed by atoms with Gasteiger partial charge in [-0.25, -0.2) is 5.48 Å². The van der Waals surface area contributed by atoms with E-state index in [1.165, 1.54) is 0 Å². The number of aliphatic hydroxyl groups excluding tert-OH is 1. The number of unbranched alkanes of at least 4 members (excludes halogenated alkanes) is 3. The standard InChI is InChI=1S/C35H49N3O8/c1-35(2,3)46-33(42)29-9-8-20-38(29)22-28-21-30(25-14-12-24(23-39)13-15-25)45-34(44-28)26-16-18-27(19-17-26)36-31(40)10-6-4-5-7-11-32(41)37-43/h12-19,28-30,34,39,43H,4-11,20-23H2,1-3H3,(H,36,40)(H,37,41). The molecule has 2 aromatic carbocycles. The van der Waals surface area contributed by atoms with Gasteiger partial charge in [0.15, 0.2) is 6.29 Å². The Morgan fingerprint density at radius 2 is 1.57 bits per heavy atom. The molecule has 2 heterocycles. The minimum Gasteiger partial charge on any atom is -0.459 e. The zero-order valence-corrected chi connectivity index (χ0v) is 27.2. The van der Waals surface area contributed by atoms with E-state index in [0.717, 1.165) is 48.9 Å². The van der Waals surface area contributed by atoms with Gasteiger partial charge in [0.25, 0.3) is 0 Å². The average Bonchev–Trinajstić information content (AvgIpc) is 3.50. The number of benzene rings is 2. The summed E-state index contributed by atoms with van der Waals surface area (Å²) in [5.74, 6) is -0.677. The quantitative estimate of drug-likeness (QED) is 0.0934. The summed E-state index contributed by atoms with van der Waals surface area (Å²) in [5.41, 5.74) is 4.38. The number of ether oxygens (including phenoxy) is 3. The van der Waals surface area contributed by atoms with Crippen LogP contribution in [-0.4, -0.2) is 63.8 Å². The van der Waals surface area contributed by atoms with Gasteiger partial charge in [0.1, 0.15) is 11.6 Å². The lowest BCUT2D eigenvalue weighted by atomic mass is 9.99. The molecule has 0 aromatic heterocycles. The largest absolute Gasteiger partial charge is 0.459 e. The Morgan fingerprint density at radius 1 is 0.913 bits per heavy atom. The van der Waals surface area contributed by atoms with Crippen LogP contribution in [0.2, 0.25) is 0 Å². The van der Waals surface area contributed by atoms with Gasteiger partial charge in [0, 0.05) is 37.1 Å². The van der Waals surface area contributed by atoms with Crippen molar-refractivity contribution >= 4 is 23.5 Å². The van der Waals surface area contributed by atoms with Gasteiger partial charge in [-0.1, -0.05) is 49.2 Å². The van der Waals surface area contributed by atoms with Crippen molar-refractivity contribution in [3.05, 3.63) is 65.2 Å². The summed E-state index contributed by atoms with van der Waals surface area (Å²) in [6, 6.07) is 14.9. The minimum atomic E-state index is -0.651. The van der Waals surface area contributed by atoms with E-state index in [1.807, 2.05) is 69.3 Å². The number of anilines is 1. The molecule has 2 aromatic rings. The van der Waals surface area contributed by atoms with Crippen molar-refractivity contribution in [2.75, 3.05) is 18.4 Å². The van der Waals surface area contributed by atoms with Crippen LogP contribution in [0, 0.1) is 0 Å². The van der Waals surface area contributed by atoms with Gasteiger partial charge >= 0.3 is 5.97 Å². The van der Waals surface area contributed by atoms with Crippen molar-refractivity contribution in [3.63, 3.8) is 0 Å². The normalized spacial score (nSPS) is 21.9. The molecule has 0 aliphatic carbocycles. The molecule has 0 bridgehead atoms. The van der Waals surface area contributed by atoms with E-state index in [2.05, 4.69) is 10.2 Å². The fourth-order valence-electron chi connectivity index (χ4n) is 5.90. The van der Waals surface area contributed by atoms with Crippen LogP contribution < -0.4 is 10.8 Å². The topological polar surface area (TPSA) is 147 Å². The highest BCUT2D eigenvalue weighted by Gasteiger charge is 2.38. The smallest absolute Gasteiger partial charge is 0.323 e. The SMILES string of the molecule is CC(C)(C)OC(=O)C1CCCN1CC1CC(c2ccc(CO)cc2)OC(c2ccc(NC(=O)CCCCCCC(=O)NO)cc2)O1. The van der Waals surface area contributed by atoms with Gasteiger partial charge in [0.2, 0.25) is 11.8 Å². The summed E-state index contributed by atoms with van der Waals surface area (Å²) in [7, 11) is 0. The van der Waals surface area contributed by atoms with Crippen LogP contribution in [0.1, 0.15) is 108 Å². The average molecular weight is 640 g/mol. The maximum Gasteiger partial charge on any atom is 0.323 e. The number of esters is 1. The van der Waals surface area contributed by atoms with E-state index in [9.17, 15) is 19.5 Å². The Bertz CT molecular complexity index is 1280. The van der Waals surface area contributed by atoms with Crippen LogP contribution in [-0.2, 0) is 35.2 Å². The lowest BCUT2D eigenvalue weighted by Gasteiger charge is -2.38. The van der Waals surface area contributed by atoms with Crippen LogP contribution in [0.3, 0.4) is 0 Å². The Labute approximate surface area is 271 Å². The Hall–Kier alpha value is -3.35. The number of hydrogen-bond donors (Lipinski definition) is 4. The number of nitrogens with zero attached hydrogens (tertiary/aromatic N) is 1. The molecule has 2 aliphatic rings. The third-order valence-corrected chi connectivity index (χ3v) is 8.24. The molecule has 4 N–H and O–H groups in total. The molecule has 2 amide bonds. The first kappa shape index (κ1) is 35.5. The van der Waals surface area contributed by atoms with Crippen LogP contribution >= 0.6 is 0 Å². The zero-order valence-electron chi connectivity index (χ0n) is 27.2. The molecule has 2 fully saturated rings. The van der Waals surface area contributed by atoms with E-state index < -0.39 is 17.8 Å². The van der Waals surface area contributed by atoms with Gasteiger partial charge in [-0.05, 0) is 76.3 Å². The predicted octanol–water partition coefficient (Wildman–Crippen LogP) is 5.31. The van der Waals surface area contributed by atoms with Crippen molar-refractivity contribution in [1.29, 1.82) is 0 Å².